The van der Waals surface area contributed by atoms with Crippen molar-refractivity contribution in [1.29, 1.82) is 0 Å². The molecule has 0 saturated heterocycles. The minimum atomic E-state index is 0.336. The van der Waals surface area contributed by atoms with Gasteiger partial charge in [-0.1, -0.05) is 43.5 Å². The SMILES string of the molecule is O=C(Cc1ccc2ccccc2n1)CC1CCC1. The average Bonchev–Trinajstić information content (AvgIpc) is 2.34. The molecule has 2 heteroatoms. The van der Waals surface area contributed by atoms with Crippen molar-refractivity contribution < 1.29 is 4.79 Å². The van der Waals surface area contributed by atoms with Crippen LogP contribution in [0.25, 0.3) is 10.9 Å². The molecule has 2 aromatic rings. The van der Waals surface area contributed by atoms with Crippen LogP contribution in [0.2, 0.25) is 0 Å². The molecule has 0 bridgehead atoms. The van der Waals surface area contributed by atoms with E-state index in [1.54, 1.807) is 0 Å². The zero-order valence-corrected chi connectivity index (χ0v) is 10.4. The molecular formula is C16H17NO. The Labute approximate surface area is 107 Å². The van der Waals surface area contributed by atoms with Crippen molar-refractivity contribution in [3.63, 3.8) is 0 Å². The van der Waals surface area contributed by atoms with Gasteiger partial charge in [-0.3, -0.25) is 9.78 Å². The van der Waals surface area contributed by atoms with Gasteiger partial charge in [-0.2, -0.15) is 0 Å². The van der Waals surface area contributed by atoms with Crippen LogP contribution < -0.4 is 0 Å². The Kier molecular flexibility index (Phi) is 3.09. The number of pyridine rings is 1. The minimum absolute atomic E-state index is 0.336. The smallest absolute Gasteiger partial charge is 0.139 e. The predicted octanol–water partition coefficient (Wildman–Crippen LogP) is 3.54. The Balaban J connectivity index is 1.71. The van der Waals surface area contributed by atoms with Crippen molar-refractivity contribution in [2.45, 2.75) is 32.1 Å². The van der Waals surface area contributed by atoms with Gasteiger partial charge in [-0.15, -0.1) is 0 Å². The summed E-state index contributed by atoms with van der Waals surface area (Å²) in [6.07, 6.45) is 5.00. The van der Waals surface area contributed by atoms with E-state index in [0.29, 0.717) is 18.1 Å². The standard InChI is InChI=1S/C16H17NO/c18-15(10-12-4-3-5-12)11-14-9-8-13-6-1-2-7-16(13)17-14/h1-2,6-9,12H,3-5,10-11H2. The van der Waals surface area contributed by atoms with Gasteiger partial charge in [0.25, 0.3) is 0 Å². The highest BCUT2D eigenvalue weighted by atomic mass is 16.1. The summed E-state index contributed by atoms with van der Waals surface area (Å²) in [6, 6.07) is 12.0. The van der Waals surface area contributed by atoms with Gasteiger partial charge in [0.1, 0.15) is 5.78 Å². The molecule has 0 N–H and O–H groups in total. The molecule has 1 saturated carbocycles. The fraction of sp³-hybridized carbons (Fsp3) is 0.375. The molecule has 2 nitrogen and oxygen atoms in total. The summed E-state index contributed by atoms with van der Waals surface area (Å²) < 4.78 is 0. The number of hydrogen-bond donors (Lipinski definition) is 0. The van der Waals surface area contributed by atoms with Crippen molar-refractivity contribution in [2.24, 2.45) is 5.92 Å². The summed E-state index contributed by atoms with van der Waals surface area (Å²) in [5, 5.41) is 1.13. The Morgan fingerprint density at radius 3 is 2.78 bits per heavy atom. The molecule has 0 unspecified atom stereocenters. The maximum atomic E-state index is 11.9. The van der Waals surface area contributed by atoms with E-state index in [1.165, 1.54) is 19.3 Å². The van der Waals surface area contributed by atoms with E-state index in [0.717, 1.165) is 23.0 Å². The number of para-hydroxylation sites is 1. The second-order valence-electron chi connectivity index (χ2n) is 5.21. The molecule has 92 valence electrons. The molecule has 1 aliphatic rings. The third-order valence-electron chi connectivity index (χ3n) is 3.78. The highest BCUT2D eigenvalue weighted by molar-refractivity contribution is 5.83. The number of carbonyl (C=O) groups excluding carboxylic acids is 1. The van der Waals surface area contributed by atoms with Crippen LogP contribution in [0.15, 0.2) is 36.4 Å². The number of rotatable bonds is 4. The fourth-order valence-electron chi connectivity index (χ4n) is 2.50. The van der Waals surface area contributed by atoms with Gasteiger partial charge in [0.05, 0.1) is 5.52 Å². The van der Waals surface area contributed by atoms with Crippen LogP contribution in [-0.4, -0.2) is 10.8 Å². The van der Waals surface area contributed by atoms with Crippen molar-refractivity contribution in [1.82, 2.24) is 4.98 Å². The van der Waals surface area contributed by atoms with Gasteiger partial charge < -0.3 is 0 Å². The highest BCUT2D eigenvalue weighted by Gasteiger charge is 2.20. The lowest BCUT2D eigenvalue weighted by atomic mass is 9.81. The van der Waals surface area contributed by atoms with Crippen LogP contribution in [-0.2, 0) is 11.2 Å². The van der Waals surface area contributed by atoms with Crippen molar-refractivity contribution in [3.05, 3.63) is 42.1 Å². The van der Waals surface area contributed by atoms with Crippen LogP contribution in [0.3, 0.4) is 0 Å². The second-order valence-corrected chi connectivity index (χ2v) is 5.21. The zero-order chi connectivity index (χ0) is 12.4. The van der Waals surface area contributed by atoms with Crippen LogP contribution in [0.1, 0.15) is 31.4 Å². The third kappa shape index (κ3) is 2.42. The number of aromatic nitrogens is 1. The van der Waals surface area contributed by atoms with Crippen molar-refractivity contribution in [2.75, 3.05) is 0 Å². The lowest BCUT2D eigenvalue weighted by Gasteiger charge is -2.24. The molecule has 1 fully saturated rings. The zero-order valence-electron chi connectivity index (χ0n) is 10.4. The molecule has 0 atom stereocenters. The lowest BCUT2D eigenvalue weighted by molar-refractivity contribution is -0.119. The van der Waals surface area contributed by atoms with Crippen molar-refractivity contribution >= 4 is 16.7 Å². The quantitative estimate of drug-likeness (QED) is 0.816. The largest absolute Gasteiger partial charge is 0.299 e. The molecular weight excluding hydrogens is 222 g/mol. The molecule has 1 aliphatic carbocycles. The molecule has 1 aromatic heterocycles. The number of benzene rings is 1. The molecule has 0 aliphatic heterocycles. The van der Waals surface area contributed by atoms with E-state index in [-0.39, 0.29) is 0 Å². The van der Waals surface area contributed by atoms with Gasteiger partial charge in [-0.25, -0.2) is 0 Å². The maximum absolute atomic E-state index is 11.9. The maximum Gasteiger partial charge on any atom is 0.139 e. The molecule has 3 rings (SSSR count). The minimum Gasteiger partial charge on any atom is -0.299 e. The molecule has 18 heavy (non-hydrogen) atoms. The highest BCUT2D eigenvalue weighted by Crippen LogP contribution is 2.29. The normalized spacial score (nSPS) is 15.6. The number of hydrogen-bond acceptors (Lipinski definition) is 2. The molecule has 1 aromatic carbocycles. The number of ketones is 1. The Bertz CT molecular complexity index is 572. The summed E-state index contributed by atoms with van der Waals surface area (Å²) in [6.45, 7) is 0. The summed E-state index contributed by atoms with van der Waals surface area (Å²) >= 11 is 0. The first-order chi connectivity index (χ1) is 8.81. The number of fused-ring (bicyclic) bond motifs is 1. The van der Waals surface area contributed by atoms with Crippen LogP contribution in [0.5, 0.6) is 0 Å². The monoisotopic (exact) mass is 239 g/mol. The van der Waals surface area contributed by atoms with E-state index in [4.69, 9.17) is 0 Å². The van der Waals surface area contributed by atoms with Crippen LogP contribution in [0.4, 0.5) is 0 Å². The number of carbonyl (C=O) groups is 1. The Morgan fingerprint density at radius 1 is 1.17 bits per heavy atom. The number of nitrogens with zero attached hydrogens (tertiary/aromatic N) is 1. The fourth-order valence-corrected chi connectivity index (χ4v) is 2.50. The molecule has 1 heterocycles. The summed E-state index contributed by atoms with van der Waals surface area (Å²) in [5.41, 5.74) is 1.88. The van der Waals surface area contributed by atoms with Gasteiger partial charge >= 0.3 is 0 Å². The van der Waals surface area contributed by atoms with E-state index in [1.807, 2.05) is 36.4 Å². The molecule has 0 radical (unpaired) electrons. The first kappa shape index (κ1) is 11.4. The molecule has 0 spiro atoms. The topological polar surface area (TPSA) is 30.0 Å². The van der Waals surface area contributed by atoms with Crippen LogP contribution >= 0.6 is 0 Å². The van der Waals surface area contributed by atoms with Crippen LogP contribution in [0, 0.1) is 5.92 Å². The summed E-state index contributed by atoms with van der Waals surface area (Å²) in [5.74, 6) is 0.987. The first-order valence-corrected chi connectivity index (χ1v) is 6.67. The van der Waals surface area contributed by atoms with Gasteiger partial charge in [0.15, 0.2) is 0 Å². The summed E-state index contributed by atoms with van der Waals surface area (Å²) in [4.78, 5) is 16.5. The van der Waals surface area contributed by atoms with E-state index < -0.39 is 0 Å². The summed E-state index contributed by atoms with van der Waals surface area (Å²) in [7, 11) is 0. The first-order valence-electron chi connectivity index (χ1n) is 6.67. The van der Waals surface area contributed by atoms with E-state index in [9.17, 15) is 4.79 Å². The Hall–Kier alpha value is -1.70. The predicted molar refractivity (Wildman–Crippen MR) is 72.4 cm³/mol. The van der Waals surface area contributed by atoms with Crippen molar-refractivity contribution in [3.8, 4) is 0 Å². The van der Waals surface area contributed by atoms with E-state index >= 15 is 0 Å². The van der Waals surface area contributed by atoms with Gasteiger partial charge in [0.2, 0.25) is 0 Å². The average molecular weight is 239 g/mol. The lowest BCUT2D eigenvalue weighted by Crippen LogP contribution is -2.17. The van der Waals surface area contributed by atoms with Gasteiger partial charge in [-0.05, 0) is 18.1 Å². The molecule has 0 amide bonds. The third-order valence-corrected chi connectivity index (χ3v) is 3.78. The Morgan fingerprint density at radius 2 is 2.00 bits per heavy atom. The number of Topliss-reactive ketones (excluding diaryl/α,β-unsaturated/α-hetero) is 1. The van der Waals surface area contributed by atoms with E-state index in [2.05, 4.69) is 4.98 Å². The van der Waals surface area contributed by atoms with Gasteiger partial charge in [0, 0.05) is 23.9 Å². The second kappa shape index (κ2) is 4.89.